The Morgan fingerprint density at radius 3 is 2.81 bits per heavy atom. The molecule has 148 valence electrons. The lowest BCUT2D eigenvalue weighted by atomic mass is 9.77. The Balaban J connectivity index is 1.25. The lowest BCUT2D eigenvalue weighted by molar-refractivity contribution is -0.126. The minimum absolute atomic E-state index is 0.0523. The Morgan fingerprint density at radius 2 is 2.11 bits per heavy atom. The van der Waals surface area contributed by atoms with E-state index in [1.807, 2.05) is 18.5 Å². The van der Waals surface area contributed by atoms with Gasteiger partial charge in [-0.25, -0.2) is 0 Å². The minimum Gasteiger partial charge on any atom is -0.352 e. The fraction of sp³-hybridized carbons (Fsp3) is 0.714. The molecule has 3 aliphatic heterocycles. The van der Waals surface area contributed by atoms with Crippen molar-refractivity contribution >= 4 is 5.91 Å². The number of nitrogens with zero attached hydrogens (tertiary/aromatic N) is 3. The van der Waals surface area contributed by atoms with E-state index in [-0.39, 0.29) is 11.9 Å². The van der Waals surface area contributed by atoms with Gasteiger partial charge in [0, 0.05) is 44.6 Å². The molecular formula is C21H33N5O. The van der Waals surface area contributed by atoms with E-state index in [0.29, 0.717) is 11.5 Å². The largest absolute Gasteiger partial charge is 0.352 e. The molecule has 3 fully saturated rings. The number of likely N-dealkylation sites (tertiary alicyclic amines) is 2. The van der Waals surface area contributed by atoms with E-state index in [1.54, 1.807) is 0 Å². The number of carbonyl (C=O) groups excluding carboxylic acids is 1. The van der Waals surface area contributed by atoms with Gasteiger partial charge in [0.1, 0.15) is 0 Å². The smallest absolute Gasteiger partial charge is 0.237 e. The summed E-state index contributed by atoms with van der Waals surface area (Å²) in [6.07, 6.45) is 9.27. The molecule has 6 heteroatoms. The molecule has 2 N–H and O–H groups in total. The fourth-order valence-corrected chi connectivity index (χ4v) is 5.16. The van der Waals surface area contributed by atoms with Crippen LogP contribution in [0.15, 0.2) is 24.5 Å². The summed E-state index contributed by atoms with van der Waals surface area (Å²) in [5.74, 6) is 0.249. The van der Waals surface area contributed by atoms with Gasteiger partial charge in [-0.1, -0.05) is 6.07 Å². The van der Waals surface area contributed by atoms with E-state index >= 15 is 0 Å². The van der Waals surface area contributed by atoms with Crippen LogP contribution in [-0.2, 0) is 11.3 Å². The predicted molar refractivity (Wildman–Crippen MR) is 106 cm³/mol. The highest BCUT2D eigenvalue weighted by Gasteiger charge is 2.45. The molecule has 1 aromatic rings. The number of carbonyl (C=O) groups is 1. The van der Waals surface area contributed by atoms with E-state index in [0.717, 1.165) is 58.5 Å². The van der Waals surface area contributed by atoms with Gasteiger partial charge in [-0.05, 0) is 69.3 Å². The van der Waals surface area contributed by atoms with Crippen molar-refractivity contribution in [3.05, 3.63) is 30.1 Å². The highest BCUT2D eigenvalue weighted by Crippen LogP contribution is 2.41. The van der Waals surface area contributed by atoms with E-state index in [9.17, 15) is 4.79 Å². The van der Waals surface area contributed by atoms with Gasteiger partial charge in [0.15, 0.2) is 0 Å². The van der Waals surface area contributed by atoms with Crippen LogP contribution in [0.2, 0.25) is 0 Å². The van der Waals surface area contributed by atoms with Crippen molar-refractivity contribution in [2.75, 3.05) is 39.8 Å². The molecule has 3 aliphatic rings. The summed E-state index contributed by atoms with van der Waals surface area (Å²) in [5, 5.41) is 6.82. The molecule has 6 nitrogen and oxygen atoms in total. The van der Waals surface area contributed by atoms with Gasteiger partial charge in [-0.15, -0.1) is 0 Å². The third-order valence-electron chi connectivity index (χ3n) is 6.77. The van der Waals surface area contributed by atoms with Crippen LogP contribution in [0.5, 0.6) is 0 Å². The number of amides is 1. The monoisotopic (exact) mass is 371 g/mol. The maximum absolute atomic E-state index is 12.9. The van der Waals surface area contributed by atoms with Crippen LogP contribution in [0, 0.1) is 5.41 Å². The summed E-state index contributed by atoms with van der Waals surface area (Å²) in [7, 11) is 2.12. The van der Waals surface area contributed by atoms with Crippen LogP contribution < -0.4 is 10.6 Å². The van der Waals surface area contributed by atoms with Gasteiger partial charge in [0.05, 0.1) is 6.04 Å². The quantitative estimate of drug-likeness (QED) is 0.834. The van der Waals surface area contributed by atoms with E-state index < -0.39 is 0 Å². The Kier molecular flexibility index (Phi) is 5.76. The number of rotatable bonds is 4. The number of hydrogen-bond acceptors (Lipinski definition) is 5. The summed E-state index contributed by atoms with van der Waals surface area (Å²) in [5.41, 5.74) is 1.62. The van der Waals surface area contributed by atoms with Gasteiger partial charge < -0.3 is 10.6 Å². The minimum atomic E-state index is 0.0523. The summed E-state index contributed by atoms with van der Waals surface area (Å²) in [6.45, 7) is 6.29. The van der Waals surface area contributed by atoms with Crippen LogP contribution in [0.4, 0.5) is 0 Å². The lowest BCUT2D eigenvalue weighted by Crippen LogP contribution is -2.49. The number of nitrogens with one attached hydrogen (secondary N) is 2. The molecule has 0 unspecified atom stereocenters. The first-order valence-electron chi connectivity index (χ1n) is 10.5. The van der Waals surface area contributed by atoms with Crippen LogP contribution in [-0.4, -0.2) is 72.5 Å². The van der Waals surface area contributed by atoms with Gasteiger partial charge in [-0.3, -0.25) is 19.6 Å². The fourth-order valence-electron chi connectivity index (χ4n) is 5.16. The summed E-state index contributed by atoms with van der Waals surface area (Å²) in [6, 6.07) is 4.50. The molecular weight excluding hydrogens is 338 g/mol. The second kappa shape index (κ2) is 8.25. The highest BCUT2D eigenvalue weighted by atomic mass is 16.2. The second-order valence-electron chi connectivity index (χ2n) is 8.81. The van der Waals surface area contributed by atoms with Gasteiger partial charge in [0.2, 0.25) is 5.91 Å². The number of hydrogen-bond donors (Lipinski definition) is 2. The second-order valence-corrected chi connectivity index (χ2v) is 8.81. The maximum atomic E-state index is 12.9. The number of likely N-dealkylation sites (N-methyl/N-ethyl adjacent to an activating group) is 1. The van der Waals surface area contributed by atoms with Crippen molar-refractivity contribution in [1.29, 1.82) is 0 Å². The van der Waals surface area contributed by atoms with Crippen LogP contribution >= 0.6 is 0 Å². The van der Waals surface area contributed by atoms with Crippen molar-refractivity contribution in [3.63, 3.8) is 0 Å². The third kappa shape index (κ3) is 4.50. The molecule has 0 aliphatic carbocycles. The number of piperidine rings is 2. The zero-order valence-electron chi connectivity index (χ0n) is 16.5. The van der Waals surface area contributed by atoms with Crippen LogP contribution in [0.25, 0.3) is 0 Å². The van der Waals surface area contributed by atoms with E-state index in [1.165, 1.54) is 18.4 Å². The molecule has 0 saturated carbocycles. The molecule has 1 amide bonds. The summed E-state index contributed by atoms with van der Waals surface area (Å²) < 4.78 is 0. The molecule has 1 spiro atoms. The van der Waals surface area contributed by atoms with E-state index in [4.69, 9.17) is 0 Å². The Hall–Kier alpha value is -1.50. The predicted octanol–water partition coefficient (Wildman–Crippen LogP) is 1.24. The molecule has 27 heavy (non-hydrogen) atoms. The molecule has 3 saturated heterocycles. The average Bonchev–Trinajstić information content (AvgIpc) is 3.00. The lowest BCUT2D eigenvalue weighted by Gasteiger charge is -2.34. The maximum Gasteiger partial charge on any atom is 0.237 e. The number of aromatic nitrogens is 1. The standard InChI is InChI=1S/C21H33N5O/c1-25-16-21(6-9-22-10-7-21)13-19(25)20(27)24-18-4-11-26(12-5-18)15-17-3-2-8-23-14-17/h2-3,8,14,18-19,22H,4-7,9-13,15-16H2,1H3,(H,24,27)/t19-/m0/s1. The highest BCUT2D eigenvalue weighted by molar-refractivity contribution is 5.82. The zero-order chi connectivity index (χ0) is 18.7. The molecule has 4 rings (SSSR count). The van der Waals surface area contributed by atoms with Crippen LogP contribution in [0.3, 0.4) is 0 Å². The third-order valence-corrected chi connectivity index (χ3v) is 6.77. The first-order valence-corrected chi connectivity index (χ1v) is 10.5. The molecule has 1 aromatic heterocycles. The summed E-state index contributed by atoms with van der Waals surface area (Å²) in [4.78, 5) is 21.9. The van der Waals surface area contributed by atoms with Crippen molar-refractivity contribution in [3.8, 4) is 0 Å². The Labute approximate surface area is 162 Å². The Bertz CT molecular complexity index is 623. The SMILES string of the molecule is CN1CC2(CCNCC2)C[C@H]1C(=O)NC1CCN(Cc2cccnc2)CC1. The van der Waals surface area contributed by atoms with Crippen LogP contribution in [0.1, 0.15) is 37.7 Å². The van der Waals surface area contributed by atoms with Crippen molar-refractivity contribution in [2.24, 2.45) is 5.41 Å². The van der Waals surface area contributed by atoms with Crippen molar-refractivity contribution in [2.45, 2.75) is 50.7 Å². The summed E-state index contributed by atoms with van der Waals surface area (Å²) >= 11 is 0. The molecule has 0 radical (unpaired) electrons. The van der Waals surface area contributed by atoms with Gasteiger partial charge in [0.25, 0.3) is 0 Å². The van der Waals surface area contributed by atoms with Crippen molar-refractivity contribution < 1.29 is 4.79 Å². The van der Waals surface area contributed by atoms with Gasteiger partial charge in [-0.2, -0.15) is 0 Å². The first-order chi connectivity index (χ1) is 13.1. The topological polar surface area (TPSA) is 60.5 Å². The van der Waals surface area contributed by atoms with E-state index in [2.05, 4.69) is 38.5 Å². The zero-order valence-corrected chi connectivity index (χ0v) is 16.5. The number of pyridine rings is 1. The molecule has 0 aromatic carbocycles. The van der Waals surface area contributed by atoms with Crippen molar-refractivity contribution in [1.82, 2.24) is 25.4 Å². The molecule has 4 heterocycles. The molecule has 1 atom stereocenters. The first kappa shape index (κ1) is 18.8. The van der Waals surface area contributed by atoms with Gasteiger partial charge >= 0.3 is 0 Å². The Morgan fingerprint density at radius 1 is 1.33 bits per heavy atom. The average molecular weight is 372 g/mol. The molecule has 0 bridgehead atoms. The normalized spacial score (nSPS) is 27.1.